The van der Waals surface area contributed by atoms with E-state index in [1.54, 1.807) is 12.4 Å². The van der Waals surface area contributed by atoms with Gasteiger partial charge in [-0.15, -0.1) is 11.8 Å². The van der Waals surface area contributed by atoms with Crippen LogP contribution in [-0.2, 0) is 16.1 Å². The Balaban J connectivity index is 1.57. The molecule has 1 aliphatic rings. The molecule has 0 aliphatic carbocycles. The predicted molar refractivity (Wildman–Crippen MR) is 85.4 cm³/mol. The van der Waals surface area contributed by atoms with Crippen LogP contribution in [0.1, 0.15) is 12.0 Å². The summed E-state index contributed by atoms with van der Waals surface area (Å²) in [5, 5.41) is 5.26. The summed E-state index contributed by atoms with van der Waals surface area (Å²) < 4.78 is 0. The zero-order valence-corrected chi connectivity index (χ0v) is 12.6. The molecule has 1 aromatic heterocycles. The Morgan fingerprint density at radius 2 is 2.14 bits per heavy atom. The van der Waals surface area contributed by atoms with Gasteiger partial charge in [-0.1, -0.05) is 18.2 Å². The Morgan fingerprint density at radius 3 is 2.95 bits per heavy atom. The minimum Gasteiger partial charge on any atom is -0.352 e. The average molecular weight is 313 g/mol. The smallest absolute Gasteiger partial charge is 0.238 e. The maximum Gasteiger partial charge on any atom is 0.238 e. The van der Waals surface area contributed by atoms with E-state index in [4.69, 9.17) is 0 Å². The van der Waals surface area contributed by atoms with Crippen LogP contribution in [0.5, 0.6) is 0 Å². The second kappa shape index (κ2) is 6.62. The normalized spacial score (nSPS) is 16.5. The van der Waals surface area contributed by atoms with E-state index < -0.39 is 5.25 Å². The van der Waals surface area contributed by atoms with E-state index in [0.29, 0.717) is 6.54 Å². The van der Waals surface area contributed by atoms with Crippen LogP contribution < -0.4 is 10.6 Å². The van der Waals surface area contributed by atoms with Gasteiger partial charge in [0.05, 0.1) is 10.9 Å². The molecule has 1 aromatic carbocycles. The molecule has 5 nitrogen and oxygen atoms in total. The number of carbonyl (C=O) groups excluding carboxylic acids is 2. The molecule has 2 heterocycles. The maximum absolute atomic E-state index is 12.0. The molecule has 22 heavy (non-hydrogen) atoms. The number of hydrogen-bond acceptors (Lipinski definition) is 4. The van der Waals surface area contributed by atoms with Crippen molar-refractivity contribution in [1.29, 1.82) is 0 Å². The van der Waals surface area contributed by atoms with Gasteiger partial charge < -0.3 is 10.6 Å². The number of thioether (sulfide) groups is 1. The number of para-hydroxylation sites is 1. The lowest BCUT2D eigenvalue weighted by Gasteiger charge is -2.23. The fraction of sp³-hybridized carbons (Fsp3) is 0.188. The van der Waals surface area contributed by atoms with Gasteiger partial charge in [-0.25, -0.2) is 0 Å². The largest absolute Gasteiger partial charge is 0.352 e. The number of anilines is 1. The highest BCUT2D eigenvalue weighted by molar-refractivity contribution is 8.01. The quantitative estimate of drug-likeness (QED) is 0.908. The molecule has 112 valence electrons. The van der Waals surface area contributed by atoms with Gasteiger partial charge in [0, 0.05) is 30.3 Å². The zero-order chi connectivity index (χ0) is 15.4. The molecule has 2 amide bonds. The van der Waals surface area contributed by atoms with E-state index in [1.165, 1.54) is 11.8 Å². The Morgan fingerprint density at radius 1 is 1.27 bits per heavy atom. The van der Waals surface area contributed by atoms with E-state index in [2.05, 4.69) is 15.6 Å². The van der Waals surface area contributed by atoms with Gasteiger partial charge in [0.2, 0.25) is 11.8 Å². The van der Waals surface area contributed by atoms with E-state index >= 15 is 0 Å². The van der Waals surface area contributed by atoms with Crippen molar-refractivity contribution < 1.29 is 9.59 Å². The van der Waals surface area contributed by atoms with Gasteiger partial charge in [-0.2, -0.15) is 0 Å². The molecular formula is C16H15N3O2S. The molecule has 2 aromatic rings. The van der Waals surface area contributed by atoms with Gasteiger partial charge in [-0.3, -0.25) is 14.6 Å². The number of amides is 2. The molecule has 0 saturated heterocycles. The van der Waals surface area contributed by atoms with Crippen LogP contribution in [0.3, 0.4) is 0 Å². The van der Waals surface area contributed by atoms with Crippen molar-refractivity contribution in [3.8, 4) is 0 Å². The number of rotatable bonds is 4. The highest BCUT2D eigenvalue weighted by Gasteiger charge is 2.28. The van der Waals surface area contributed by atoms with Crippen molar-refractivity contribution in [3.05, 3.63) is 54.4 Å². The van der Waals surface area contributed by atoms with E-state index in [-0.39, 0.29) is 18.2 Å². The van der Waals surface area contributed by atoms with Crippen LogP contribution in [0.25, 0.3) is 0 Å². The van der Waals surface area contributed by atoms with Crippen LogP contribution in [0.2, 0.25) is 0 Å². The molecule has 2 N–H and O–H groups in total. The molecule has 0 spiro atoms. The minimum absolute atomic E-state index is 0.125. The summed E-state index contributed by atoms with van der Waals surface area (Å²) in [5.74, 6) is -0.267. The van der Waals surface area contributed by atoms with Crippen LogP contribution in [0.4, 0.5) is 5.69 Å². The Kier molecular flexibility index (Phi) is 4.39. The summed E-state index contributed by atoms with van der Waals surface area (Å²) in [7, 11) is 0. The Labute approximate surface area is 132 Å². The molecular weight excluding hydrogens is 298 g/mol. The predicted octanol–water partition coefficient (Wildman–Crippen LogP) is 2.20. The summed E-state index contributed by atoms with van der Waals surface area (Å²) in [6, 6.07) is 11.3. The fourth-order valence-electron chi connectivity index (χ4n) is 2.17. The van der Waals surface area contributed by atoms with Gasteiger partial charge in [0.25, 0.3) is 0 Å². The summed E-state index contributed by atoms with van der Waals surface area (Å²) in [5.41, 5.74) is 1.74. The number of hydrogen-bond donors (Lipinski definition) is 2. The highest BCUT2D eigenvalue weighted by Crippen LogP contribution is 2.36. The van der Waals surface area contributed by atoms with Crippen molar-refractivity contribution in [2.45, 2.75) is 23.1 Å². The number of nitrogens with zero attached hydrogens (tertiary/aromatic N) is 1. The van der Waals surface area contributed by atoms with Crippen molar-refractivity contribution in [2.24, 2.45) is 0 Å². The van der Waals surface area contributed by atoms with E-state index in [0.717, 1.165) is 16.1 Å². The molecule has 3 rings (SSSR count). The number of benzene rings is 1. The number of carbonyl (C=O) groups is 2. The first-order valence-corrected chi connectivity index (χ1v) is 7.82. The first-order valence-electron chi connectivity index (χ1n) is 6.94. The second-order valence-corrected chi connectivity index (χ2v) is 6.18. The fourth-order valence-corrected chi connectivity index (χ4v) is 3.28. The second-order valence-electron chi connectivity index (χ2n) is 4.93. The van der Waals surface area contributed by atoms with E-state index in [9.17, 15) is 9.59 Å². The summed E-state index contributed by atoms with van der Waals surface area (Å²) in [6.45, 7) is 0.419. The van der Waals surface area contributed by atoms with Crippen LogP contribution in [-0.4, -0.2) is 22.0 Å². The van der Waals surface area contributed by atoms with Crippen molar-refractivity contribution >= 4 is 29.3 Å². The van der Waals surface area contributed by atoms with E-state index in [1.807, 2.05) is 36.4 Å². The molecule has 0 saturated carbocycles. The summed E-state index contributed by atoms with van der Waals surface area (Å²) >= 11 is 1.43. The molecule has 1 unspecified atom stereocenters. The number of pyridine rings is 1. The third-order valence-corrected chi connectivity index (χ3v) is 4.57. The standard InChI is InChI=1S/C16H15N3O2S/c20-15(18-10-11-4-3-7-17-9-11)8-14-16(21)19-12-5-1-2-6-13(12)22-14/h1-7,9,14H,8,10H2,(H,18,20)(H,19,21). The third-order valence-electron chi connectivity index (χ3n) is 3.29. The number of nitrogens with one attached hydrogen (secondary N) is 2. The van der Waals surface area contributed by atoms with Crippen LogP contribution >= 0.6 is 11.8 Å². The third kappa shape index (κ3) is 3.46. The highest BCUT2D eigenvalue weighted by atomic mass is 32.2. The van der Waals surface area contributed by atoms with Crippen LogP contribution in [0, 0.1) is 0 Å². The molecule has 1 atom stereocenters. The number of aromatic nitrogens is 1. The maximum atomic E-state index is 12.0. The van der Waals surface area contributed by atoms with Crippen molar-refractivity contribution in [3.63, 3.8) is 0 Å². The van der Waals surface area contributed by atoms with Crippen molar-refractivity contribution in [2.75, 3.05) is 5.32 Å². The van der Waals surface area contributed by atoms with Crippen LogP contribution in [0.15, 0.2) is 53.7 Å². The first-order chi connectivity index (χ1) is 10.7. The minimum atomic E-state index is -0.399. The monoisotopic (exact) mass is 313 g/mol. The molecule has 0 radical (unpaired) electrons. The van der Waals surface area contributed by atoms with Gasteiger partial charge in [0.1, 0.15) is 0 Å². The molecule has 0 fully saturated rings. The van der Waals surface area contributed by atoms with Crippen molar-refractivity contribution in [1.82, 2.24) is 10.3 Å². The SMILES string of the molecule is O=C(CC1Sc2ccccc2NC1=O)NCc1cccnc1. The topological polar surface area (TPSA) is 71.1 Å². The molecule has 6 heteroatoms. The molecule has 0 bridgehead atoms. The van der Waals surface area contributed by atoms with Gasteiger partial charge >= 0.3 is 0 Å². The lowest BCUT2D eigenvalue weighted by Crippen LogP contribution is -2.34. The lowest BCUT2D eigenvalue weighted by molar-refractivity contribution is -0.124. The Hall–Kier alpha value is -2.34. The number of fused-ring (bicyclic) bond motifs is 1. The summed E-state index contributed by atoms with van der Waals surface area (Å²) in [4.78, 5) is 29.1. The summed E-state index contributed by atoms with van der Waals surface area (Å²) in [6.07, 6.45) is 3.55. The molecule has 1 aliphatic heterocycles. The lowest BCUT2D eigenvalue weighted by atomic mass is 10.2. The van der Waals surface area contributed by atoms with Gasteiger partial charge in [-0.05, 0) is 23.8 Å². The van der Waals surface area contributed by atoms with Gasteiger partial charge in [0.15, 0.2) is 0 Å². The average Bonchev–Trinajstić information content (AvgIpc) is 2.55. The Bertz CT molecular complexity index is 691. The zero-order valence-electron chi connectivity index (χ0n) is 11.8. The first kappa shape index (κ1) is 14.6.